The van der Waals surface area contributed by atoms with Crippen molar-refractivity contribution >= 4 is 29.1 Å². The quantitative estimate of drug-likeness (QED) is 0.392. The molecule has 0 radical (unpaired) electrons. The van der Waals surface area contributed by atoms with Crippen LogP contribution in [0.2, 0.25) is 0 Å². The van der Waals surface area contributed by atoms with Crippen molar-refractivity contribution < 1.29 is 28.2 Å². The van der Waals surface area contributed by atoms with E-state index in [2.05, 4.69) is 15.2 Å². The van der Waals surface area contributed by atoms with Crippen molar-refractivity contribution in [3.8, 4) is 0 Å². The summed E-state index contributed by atoms with van der Waals surface area (Å²) in [5.74, 6) is -1.38. The number of nitrogens with zero attached hydrogens (tertiary/aromatic N) is 4. The van der Waals surface area contributed by atoms with E-state index in [1.54, 1.807) is 46.0 Å². The summed E-state index contributed by atoms with van der Waals surface area (Å²) >= 11 is 1.38. The highest BCUT2D eigenvalue weighted by atomic mass is 32.1. The Morgan fingerprint density at radius 1 is 1.29 bits per heavy atom. The molecule has 2 saturated heterocycles. The highest BCUT2D eigenvalue weighted by Gasteiger charge is 2.50. The Labute approximate surface area is 248 Å². The van der Waals surface area contributed by atoms with Gasteiger partial charge in [-0.15, -0.1) is 11.3 Å². The summed E-state index contributed by atoms with van der Waals surface area (Å²) < 4.78 is 35.8. The smallest absolute Gasteiger partial charge is 0.338 e. The first-order valence-electron chi connectivity index (χ1n) is 14.3. The van der Waals surface area contributed by atoms with Crippen molar-refractivity contribution in [2.24, 2.45) is 10.4 Å². The summed E-state index contributed by atoms with van der Waals surface area (Å²) in [6, 6.07) is 3.41. The second-order valence-electron chi connectivity index (χ2n) is 11.7. The molecule has 1 aromatic heterocycles. The summed E-state index contributed by atoms with van der Waals surface area (Å²) in [6.45, 7) is 8.46. The van der Waals surface area contributed by atoms with Gasteiger partial charge in [0.2, 0.25) is 0 Å². The van der Waals surface area contributed by atoms with Crippen molar-refractivity contribution in [2.45, 2.75) is 64.8 Å². The fourth-order valence-corrected chi connectivity index (χ4v) is 6.72. The fourth-order valence-electron chi connectivity index (χ4n) is 6.14. The predicted molar refractivity (Wildman–Crippen MR) is 156 cm³/mol. The standard InChI is InChI=1S/C30H37F2N5O4S/c1-5-41-28(38)23-21(16-37-15-20(32)25-22(37)9-12-36(25)13-10-30(3,4)29(39)40)34-26(27-33-11-14-42-27)35-24(23)18-7-6-8-19(31)17(18)2/h6-8,11,14,20,22,24-25H,5,9-10,12-13,15-16H2,1-4H3,(H,34,35)(H,39,40)/t20?,22?,24-,25?/m0/s1. The zero-order valence-corrected chi connectivity index (χ0v) is 25.1. The third-order valence-corrected chi connectivity index (χ3v) is 9.38. The van der Waals surface area contributed by atoms with Gasteiger partial charge in [-0.2, -0.15) is 0 Å². The topological polar surface area (TPSA) is 107 Å². The SMILES string of the molecule is CCOC(=O)C1=C(CN2CC(F)C3C2CCN3CCC(C)(C)C(=O)O)NC(c2nccs2)=N[C@H]1c1cccc(F)c1C. The first kappa shape index (κ1) is 30.2. The van der Waals surface area contributed by atoms with Crippen LogP contribution < -0.4 is 5.32 Å². The van der Waals surface area contributed by atoms with E-state index in [0.29, 0.717) is 47.2 Å². The molecule has 2 fully saturated rings. The second kappa shape index (κ2) is 12.2. The number of hydrogen-bond acceptors (Lipinski definition) is 9. The first-order chi connectivity index (χ1) is 20.0. The number of carbonyl (C=O) groups is 2. The molecular weight excluding hydrogens is 564 g/mol. The maximum Gasteiger partial charge on any atom is 0.338 e. The Kier molecular flexibility index (Phi) is 8.77. The third-order valence-electron chi connectivity index (χ3n) is 8.60. The number of carbonyl (C=O) groups excluding carboxylic acids is 1. The molecule has 226 valence electrons. The number of rotatable bonds is 10. The number of aliphatic carboxylic acids is 1. The number of benzene rings is 1. The van der Waals surface area contributed by atoms with E-state index < -0.39 is 35.4 Å². The van der Waals surface area contributed by atoms with Crippen LogP contribution in [0.5, 0.6) is 0 Å². The summed E-state index contributed by atoms with van der Waals surface area (Å²) in [5, 5.41) is 15.3. The molecule has 0 bridgehead atoms. The number of nitrogens with one attached hydrogen (secondary N) is 1. The van der Waals surface area contributed by atoms with Gasteiger partial charge < -0.3 is 15.2 Å². The number of hydrogen-bond donors (Lipinski definition) is 2. The van der Waals surface area contributed by atoms with E-state index in [1.807, 2.05) is 10.3 Å². The lowest BCUT2D eigenvalue weighted by Crippen LogP contribution is -2.43. The van der Waals surface area contributed by atoms with Gasteiger partial charge in [-0.25, -0.2) is 18.6 Å². The zero-order valence-electron chi connectivity index (χ0n) is 24.3. The second-order valence-corrected chi connectivity index (χ2v) is 12.6. The Morgan fingerprint density at radius 2 is 2.07 bits per heavy atom. The van der Waals surface area contributed by atoms with E-state index in [4.69, 9.17) is 9.73 Å². The molecule has 0 saturated carbocycles. The highest BCUT2D eigenvalue weighted by molar-refractivity contribution is 7.11. The molecule has 4 atom stereocenters. The molecular formula is C30H37F2N5O4S. The van der Waals surface area contributed by atoms with Gasteiger partial charge in [-0.1, -0.05) is 12.1 Å². The minimum atomic E-state index is -1.13. The first-order valence-corrected chi connectivity index (χ1v) is 15.1. The number of carboxylic acids is 1. The van der Waals surface area contributed by atoms with Gasteiger partial charge in [0.05, 0.1) is 23.6 Å². The molecule has 3 aliphatic rings. The van der Waals surface area contributed by atoms with Crippen LogP contribution in [0.3, 0.4) is 0 Å². The van der Waals surface area contributed by atoms with E-state index in [0.717, 1.165) is 6.42 Å². The molecule has 3 aliphatic heterocycles. The van der Waals surface area contributed by atoms with E-state index in [9.17, 15) is 19.1 Å². The number of amidine groups is 1. The van der Waals surface area contributed by atoms with Crippen LogP contribution in [0.25, 0.3) is 0 Å². The summed E-state index contributed by atoms with van der Waals surface area (Å²) in [4.78, 5) is 38.5. The van der Waals surface area contributed by atoms with Crippen LogP contribution in [-0.2, 0) is 14.3 Å². The van der Waals surface area contributed by atoms with Gasteiger partial charge in [-0.3, -0.25) is 19.6 Å². The molecule has 42 heavy (non-hydrogen) atoms. The number of likely N-dealkylation sites (tertiary alicyclic amines) is 2. The van der Waals surface area contributed by atoms with Crippen molar-refractivity contribution in [3.63, 3.8) is 0 Å². The molecule has 0 amide bonds. The number of halogens is 2. The van der Waals surface area contributed by atoms with Crippen LogP contribution in [0, 0.1) is 18.2 Å². The Balaban J connectivity index is 1.48. The Morgan fingerprint density at radius 3 is 2.76 bits per heavy atom. The lowest BCUT2D eigenvalue weighted by atomic mass is 9.89. The molecule has 1 aromatic carbocycles. The van der Waals surface area contributed by atoms with Crippen LogP contribution in [0.15, 0.2) is 46.0 Å². The van der Waals surface area contributed by atoms with Crippen LogP contribution in [-0.4, -0.2) is 88.7 Å². The summed E-state index contributed by atoms with van der Waals surface area (Å²) in [5.41, 5.74) is 0.822. The van der Waals surface area contributed by atoms with Crippen molar-refractivity contribution in [1.29, 1.82) is 0 Å². The largest absolute Gasteiger partial charge is 0.481 e. The van der Waals surface area contributed by atoms with Crippen LogP contribution in [0.4, 0.5) is 8.78 Å². The monoisotopic (exact) mass is 601 g/mol. The Hall–Kier alpha value is -3.22. The number of alkyl halides is 1. The number of aliphatic imine (C=N–C) groups is 1. The van der Waals surface area contributed by atoms with Crippen molar-refractivity contribution in [2.75, 3.05) is 32.8 Å². The average molecular weight is 602 g/mol. The minimum Gasteiger partial charge on any atom is -0.481 e. The number of ether oxygens (including phenoxy) is 1. The maximum atomic E-state index is 15.6. The van der Waals surface area contributed by atoms with Gasteiger partial charge in [0.25, 0.3) is 0 Å². The molecule has 5 rings (SSSR count). The average Bonchev–Trinajstić information content (AvgIpc) is 3.69. The van der Waals surface area contributed by atoms with E-state index in [-0.39, 0.29) is 37.4 Å². The summed E-state index contributed by atoms with van der Waals surface area (Å²) in [7, 11) is 0. The summed E-state index contributed by atoms with van der Waals surface area (Å²) in [6.07, 6.45) is 1.67. The van der Waals surface area contributed by atoms with Gasteiger partial charge in [0, 0.05) is 43.0 Å². The lowest BCUT2D eigenvalue weighted by Gasteiger charge is -2.31. The highest BCUT2D eigenvalue weighted by Crippen LogP contribution is 2.38. The van der Waals surface area contributed by atoms with E-state index >= 15 is 4.39 Å². The number of thiazole rings is 1. The molecule has 4 heterocycles. The van der Waals surface area contributed by atoms with Crippen LogP contribution in [0.1, 0.15) is 55.8 Å². The number of aromatic nitrogens is 1. The molecule has 9 nitrogen and oxygen atoms in total. The minimum absolute atomic E-state index is 0.109. The maximum absolute atomic E-state index is 15.6. The van der Waals surface area contributed by atoms with Gasteiger partial charge in [0.1, 0.15) is 18.0 Å². The molecule has 12 heteroatoms. The van der Waals surface area contributed by atoms with E-state index in [1.165, 1.54) is 17.4 Å². The normalized spacial score (nSPS) is 24.9. The zero-order chi connectivity index (χ0) is 30.2. The molecule has 0 aliphatic carbocycles. The van der Waals surface area contributed by atoms with Gasteiger partial charge >= 0.3 is 11.9 Å². The van der Waals surface area contributed by atoms with Crippen LogP contribution >= 0.6 is 11.3 Å². The van der Waals surface area contributed by atoms with Crippen molar-refractivity contribution in [3.05, 3.63) is 63.0 Å². The number of esters is 1. The third kappa shape index (κ3) is 5.84. The fraction of sp³-hybridized carbons (Fsp3) is 0.533. The predicted octanol–water partition coefficient (Wildman–Crippen LogP) is 4.10. The number of carboxylic acid groups (broad SMARTS) is 1. The molecule has 0 spiro atoms. The molecule has 2 N–H and O–H groups in total. The molecule has 3 unspecified atom stereocenters. The number of fused-ring (bicyclic) bond motifs is 1. The Bertz CT molecular complexity index is 1400. The van der Waals surface area contributed by atoms with Gasteiger partial charge in [0.15, 0.2) is 10.8 Å². The lowest BCUT2D eigenvalue weighted by molar-refractivity contribution is -0.147. The molecule has 2 aromatic rings. The van der Waals surface area contributed by atoms with Gasteiger partial charge in [-0.05, 0) is 64.3 Å². The van der Waals surface area contributed by atoms with Crippen molar-refractivity contribution in [1.82, 2.24) is 20.1 Å².